The van der Waals surface area contributed by atoms with Crippen LogP contribution in [0, 0.1) is 5.92 Å². The monoisotopic (exact) mass is 296 g/mol. The van der Waals surface area contributed by atoms with Crippen molar-refractivity contribution >= 4 is 28.9 Å². The van der Waals surface area contributed by atoms with Gasteiger partial charge in [-0.2, -0.15) is 0 Å². The van der Waals surface area contributed by atoms with E-state index < -0.39 is 5.97 Å². The Labute approximate surface area is 124 Å². The quantitative estimate of drug-likeness (QED) is 0.642. The second-order valence-corrected chi connectivity index (χ2v) is 5.58. The summed E-state index contributed by atoms with van der Waals surface area (Å²) < 4.78 is 5.06. The summed E-state index contributed by atoms with van der Waals surface area (Å²) in [6.45, 7) is 2.93. The summed E-state index contributed by atoms with van der Waals surface area (Å²) in [4.78, 5) is 12.0. The van der Waals surface area contributed by atoms with Crippen molar-refractivity contribution < 1.29 is 9.53 Å². The molecule has 1 fully saturated rings. The van der Waals surface area contributed by atoms with Crippen LogP contribution in [0.25, 0.3) is 0 Å². The van der Waals surface area contributed by atoms with Crippen LogP contribution in [-0.2, 0) is 4.74 Å². The lowest BCUT2D eigenvalue weighted by atomic mass is 10.1. The first-order valence-corrected chi connectivity index (χ1v) is 7.49. The number of anilines is 2. The van der Waals surface area contributed by atoms with Crippen LogP contribution >= 0.6 is 11.6 Å². The predicted molar refractivity (Wildman–Crippen MR) is 82.3 cm³/mol. The van der Waals surface area contributed by atoms with Crippen LogP contribution in [0.1, 0.15) is 43.0 Å². The molecule has 1 saturated carbocycles. The molecule has 0 heterocycles. The Morgan fingerprint density at radius 1 is 1.45 bits per heavy atom. The fourth-order valence-electron chi connectivity index (χ4n) is 2.64. The Hall–Kier alpha value is -1.42. The molecule has 20 heavy (non-hydrogen) atoms. The molecule has 0 bridgehead atoms. The Morgan fingerprint density at radius 3 is 2.80 bits per heavy atom. The van der Waals surface area contributed by atoms with Crippen molar-refractivity contribution in [3.63, 3.8) is 0 Å². The summed E-state index contributed by atoms with van der Waals surface area (Å²) in [6.07, 6.45) is 5.03. The fourth-order valence-corrected chi connectivity index (χ4v) is 2.93. The molecule has 1 aromatic rings. The van der Waals surface area contributed by atoms with Crippen LogP contribution in [0.15, 0.2) is 12.1 Å². The molecule has 110 valence electrons. The van der Waals surface area contributed by atoms with Gasteiger partial charge in [0.1, 0.15) is 0 Å². The number of ether oxygens (including phenoxy) is 1. The van der Waals surface area contributed by atoms with Crippen LogP contribution < -0.4 is 11.1 Å². The largest absolute Gasteiger partial charge is 0.462 e. The van der Waals surface area contributed by atoms with Crippen LogP contribution in [-0.4, -0.2) is 19.1 Å². The summed E-state index contributed by atoms with van der Waals surface area (Å²) in [6, 6.07) is 3.27. The molecule has 0 unspecified atom stereocenters. The molecule has 1 aliphatic carbocycles. The standard InChI is InChI=1S/C15H21ClN2O2/c1-2-20-15(19)12-7-11(17)8-13(16)14(12)18-9-10-5-3-4-6-10/h7-8,10,18H,2-6,9,17H2,1H3. The number of hydrogen-bond donors (Lipinski definition) is 2. The molecule has 0 radical (unpaired) electrons. The number of nitrogens with one attached hydrogen (secondary N) is 1. The van der Waals surface area contributed by atoms with Crippen LogP contribution in [0.4, 0.5) is 11.4 Å². The Kier molecular flexibility index (Phi) is 5.12. The molecule has 1 aliphatic rings. The van der Waals surface area contributed by atoms with E-state index in [2.05, 4.69) is 5.32 Å². The van der Waals surface area contributed by atoms with Gasteiger partial charge < -0.3 is 15.8 Å². The fraction of sp³-hybridized carbons (Fsp3) is 0.533. The summed E-state index contributed by atoms with van der Waals surface area (Å²) in [5.41, 5.74) is 7.27. The smallest absolute Gasteiger partial charge is 0.340 e. The Bertz CT molecular complexity index is 485. The zero-order valence-electron chi connectivity index (χ0n) is 11.7. The van der Waals surface area contributed by atoms with Gasteiger partial charge in [0.05, 0.1) is 22.9 Å². The number of benzene rings is 1. The maximum atomic E-state index is 12.0. The number of halogens is 1. The molecular weight excluding hydrogens is 276 g/mol. The van der Waals surface area contributed by atoms with Gasteiger partial charge in [-0.1, -0.05) is 24.4 Å². The van der Waals surface area contributed by atoms with E-state index in [1.165, 1.54) is 25.7 Å². The molecule has 0 aromatic heterocycles. The lowest BCUT2D eigenvalue weighted by Gasteiger charge is -2.16. The molecule has 3 N–H and O–H groups in total. The van der Waals surface area contributed by atoms with Crippen molar-refractivity contribution in [2.45, 2.75) is 32.6 Å². The number of nitrogens with two attached hydrogens (primary N) is 1. The third kappa shape index (κ3) is 3.57. The minimum Gasteiger partial charge on any atom is -0.462 e. The van der Waals surface area contributed by atoms with Crippen molar-refractivity contribution in [3.05, 3.63) is 22.7 Å². The Balaban J connectivity index is 2.17. The van der Waals surface area contributed by atoms with E-state index in [9.17, 15) is 4.79 Å². The van der Waals surface area contributed by atoms with E-state index >= 15 is 0 Å². The zero-order chi connectivity index (χ0) is 14.5. The number of hydrogen-bond acceptors (Lipinski definition) is 4. The minimum absolute atomic E-state index is 0.327. The molecule has 0 amide bonds. The van der Waals surface area contributed by atoms with Crippen LogP contribution in [0.2, 0.25) is 5.02 Å². The highest BCUT2D eigenvalue weighted by molar-refractivity contribution is 6.34. The summed E-state index contributed by atoms with van der Waals surface area (Å²) in [5.74, 6) is 0.259. The van der Waals surface area contributed by atoms with Crippen molar-refractivity contribution in [1.82, 2.24) is 0 Å². The number of nitrogen functional groups attached to an aromatic ring is 1. The van der Waals surface area contributed by atoms with Crippen molar-refractivity contribution in [2.75, 3.05) is 24.2 Å². The maximum Gasteiger partial charge on any atom is 0.340 e. The van der Waals surface area contributed by atoms with Crippen molar-refractivity contribution in [2.24, 2.45) is 5.92 Å². The topological polar surface area (TPSA) is 64.3 Å². The maximum absolute atomic E-state index is 12.0. The lowest BCUT2D eigenvalue weighted by Crippen LogP contribution is -2.15. The van der Waals surface area contributed by atoms with Gasteiger partial charge in [-0.05, 0) is 37.8 Å². The van der Waals surface area contributed by atoms with Gasteiger partial charge in [-0.15, -0.1) is 0 Å². The molecule has 4 nitrogen and oxygen atoms in total. The third-order valence-electron chi connectivity index (χ3n) is 3.65. The van der Waals surface area contributed by atoms with Gasteiger partial charge in [-0.25, -0.2) is 4.79 Å². The lowest BCUT2D eigenvalue weighted by molar-refractivity contribution is 0.0527. The average molecular weight is 297 g/mol. The van der Waals surface area contributed by atoms with E-state index in [4.69, 9.17) is 22.1 Å². The van der Waals surface area contributed by atoms with Crippen molar-refractivity contribution in [1.29, 1.82) is 0 Å². The summed E-state index contributed by atoms with van der Waals surface area (Å²) in [7, 11) is 0. The predicted octanol–water partition coefficient (Wildman–Crippen LogP) is 3.70. The van der Waals surface area contributed by atoms with Gasteiger partial charge >= 0.3 is 5.97 Å². The molecule has 5 heteroatoms. The molecule has 1 aromatic carbocycles. The van der Waals surface area contributed by atoms with E-state index in [1.807, 2.05) is 0 Å². The van der Waals surface area contributed by atoms with Gasteiger partial charge in [0, 0.05) is 12.2 Å². The highest BCUT2D eigenvalue weighted by Crippen LogP contribution is 2.31. The van der Waals surface area contributed by atoms with Crippen LogP contribution in [0.3, 0.4) is 0 Å². The molecule has 0 saturated heterocycles. The molecule has 0 spiro atoms. The molecular formula is C15H21ClN2O2. The SMILES string of the molecule is CCOC(=O)c1cc(N)cc(Cl)c1NCC1CCCC1. The highest BCUT2D eigenvalue weighted by Gasteiger charge is 2.19. The van der Waals surface area contributed by atoms with E-state index in [1.54, 1.807) is 19.1 Å². The van der Waals surface area contributed by atoms with E-state index in [-0.39, 0.29) is 0 Å². The Morgan fingerprint density at radius 2 is 2.15 bits per heavy atom. The summed E-state index contributed by atoms with van der Waals surface area (Å²) >= 11 is 6.21. The number of rotatable bonds is 5. The normalized spacial score (nSPS) is 15.3. The summed E-state index contributed by atoms with van der Waals surface area (Å²) in [5, 5.41) is 3.77. The van der Waals surface area contributed by atoms with Gasteiger partial charge in [-0.3, -0.25) is 0 Å². The molecule has 2 rings (SSSR count). The van der Waals surface area contributed by atoms with E-state index in [0.29, 0.717) is 34.5 Å². The second-order valence-electron chi connectivity index (χ2n) is 5.18. The zero-order valence-corrected chi connectivity index (χ0v) is 12.5. The molecule has 0 atom stereocenters. The first kappa shape index (κ1) is 15.0. The van der Waals surface area contributed by atoms with Gasteiger partial charge in [0.15, 0.2) is 0 Å². The van der Waals surface area contributed by atoms with Gasteiger partial charge in [0.2, 0.25) is 0 Å². The van der Waals surface area contributed by atoms with E-state index in [0.717, 1.165) is 6.54 Å². The first-order valence-electron chi connectivity index (χ1n) is 7.11. The highest BCUT2D eigenvalue weighted by atomic mass is 35.5. The minimum atomic E-state index is -0.393. The number of carbonyl (C=O) groups excluding carboxylic acids is 1. The average Bonchev–Trinajstić information content (AvgIpc) is 2.90. The third-order valence-corrected chi connectivity index (χ3v) is 3.95. The first-order chi connectivity index (χ1) is 9.61. The van der Waals surface area contributed by atoms with Gasteiger partial charge in [0.25, 0.3) is 0 Å². The second kappa shape index (κ2) is 6.84. The number of carbonyl (C=O) groups is 1. The van der Waals surface area contributed by atoms with Crippen LogP contribution in [0.5, 0.6) is 0 Å². The number of esters is 1. The van der Waals surface area contributed by atoms with Crippen molar-refractivity contribution in [3.8, 4) is 0 Å². The molecule has 0 aliphatic heterocycles.